The third-order valence-electron chi connectivity index (χ3n) is 4.03. The van der Waals surface area contributed by atoms with Gasteiger partial charge in [-0.05, 0) is 30.2 Å². The Labute approximate surface area is 167 Å². The van der Waals surface area contributed by atoms with Gasteiger partial charge < -0.3 is 24.8 Å². The van der Waals surface area contributed by atoms with Crippen molar-refractivity contribution in [2.24, 2.45) is 4.99 Å². The molecule has 0 aliphatic heterocycles. The number of methoxy groups -OCH3 is 2. The van der Waals surface area contributed by atoms with Crippen LogP contribution in [0.15, 0.2) is 53.5 Å². The normalized spacial score (nSPS) is 11.3. The molecular formula is C22H31N3O3. The number of anilines is 1. The SMILES string of the molecule is CCNC(=NCc1ccccc1COC)Nc1cccc(OCCCOC)c1. The van der Waals surface area contributed by atoms with E-state index < -0.39 is 0 Å². The molecule has 6 heteroatoms. The lowest BCUT2D eigenvalue weighted by atomic mass is 10.1. The fraction of sp³-hybridized carbons (Fsp3) is 0.409. The number of aliphatic imine (C=N–C) groups is 1. The maximum absolute atomic E-state index is 5.77. The van der Waals surface area contributed by atoms with Crippen molar-refractivity contribution in [3.8, 4) is 5.75 Å². The highest BCUT2D eigenvalue weighted by molar-refractivity contribution is 5.93. The van der Waals surface area contributed by atoms with Crippen LogP contribution in [0, 0.1) is 0 Å². The number of hydrogen-bond acceptors (Lipinski definition) is 4. The van der Waals surface area contributed by atoms with Crippen molar-refractivity contribution in [3.63, 3.8) is 0 Å². The summed E-state index contributed by atoms with van der Waals surface area (Å²) in [6, 6.07) is 16.1. The third-order valence-corrected chi connectivity index (χ3v) is 4.03. The van der Waals surface area contributed by atoms with Crippen molar-refractivity contribution < 1.29 is 14.2 Å². The van der Waals surface area contributed by atoms with Gasteiger partial charge in [-0.1, -0.05) is 30.3 Å². The van der Waals surface area contributed by atoms with Crippen LogP contribution in [0.3, 0.4) is 0 Å². The fourth-order valence-corrected chi connectivity index (χ4v) is 2.67. The minimum Gasteiger partial charge on any atom is -0.493 e. The quantitative estimate of drug-likeness (QED) is 0.350. The van der Waals surface area contributed by atoms with Crippen LogP contribution in [0.4, 0.5) is 5.69 Å². The van der Waals surface area contributed by atoms with Gasteiger partial charge in [-0.2, -0.15) is 0 Å². The van der Waals surface area contributed by atoms with E-state index >= 15 is 0 Å². The van der Waals surface area contributed by atoms with E-state index in [1.165, 1.54) is 0 Å². The molecule has 0 aliphatic carbocycles. The van der Waals surface area contributed by atoms with Gasteiger partial charge >= 0.3 is 0 Å². The van der Waals surface area contributed by atoms with Crippen molar-refractivity contribution in [1.29, 1.82) is 0 Å². The second-order valence-electron chi connectivity index (χ2n) is 6.24. The van der Waals surface area contributed by atoms with Gasteiger partial charge in [-0.3, -0.25) is 0 Å². The molecule has 0 radical (unpaired) electrons. The molecular weight excluding hydrogens is 354 g/mol. The maximum atomic E-state index is 5.77. The number of nitrogens with one attached hydrogen (secondary N) is 2. The van der Waals surface area contributed by atoms with Crippen molar-refractivity contribution in [1.82, 2.24) is 5.32 Å². The molecule has 0 fully saturated rings. The zero-order valence-electron chi connectivity index (χ0n) is 17.0. The van der Waals surface area contributed by atoms with Crippen LogP contribution in [-0.4, -0.2) is 39.9 Å². The van der Waals surface area contributed by atoms with Crippen molar-refractivity contribution in [2.75, 3.05) is 39.3 Å². The second-order valence-corrected chi connectivity index (χ2v) is 6.24. The van der Waals surface area contributed by atoms with E-state index in [4.69, 9.17) is 19.2 Å². The number of guanidine groups is 1. The molecule has 0 unspecified atom stereocenters. The number of nitrogens with zero attached hydrogens (tertiary/aromatic N) is 1. The average molecular weight is 386 g/mol. The van der Waals surface area contributed by atoms with Gasteiger partial charge in [-0.25, -0.2) is 4.99 Å². The van der Waals surface area contributed by atoms with Gasteiger partial charge in [0, 0.05) is 45.5 Å². The zero-order chi connectivity index (χ0) is 20.0. The van der Waals surface area contributed by atoms with E-state index in [-0.39, 0.29) is 0 Å². The van der Waals surface area contributed by atoms with Crippen LogP contribution in [0.1, 0.15) is 24.5 Å². The molecule has 0 bridgehead atoms. The molecule has 0 amide bonds. The van der Waals surface area contributed by atoms with Gasteiger partial charge in [0.15, 0.2) is 5.96 Å². The largest absolute Gasteiger partial charge is 0.493 e. The molecule has 152 valence electrons. The Hall–Kier alpha value is -2.57. The molecule has 28 heavy (non-hydrogen) atoms. The highest BCUT2D eigenvalue weighted by Crippen LogP contribution is 2.18. The topological polar surface area (TPSA) is 64.1 Å². The van der Waals surface area contributed by atoms with Crippen LogP contribution in [0.25, 0.3) is 0 Å². The Bertz CT molecular complexity index is 734. The molecule has 2 rings (SSSR count). The van der Waals surface area contributed by atoms with Crippen LogP contribution in [-0.2, 0) is 22.6 Å². The molecule has 0 heterocycles. The summed E-state index contributed by atoms with van der Waals surface area (Å²) in [5.41, 5.74) is 3.22. The summed E-state index contributed by atoms with van der Waals surface area (Å²) in [6.07, 6.45) is 0.860. The Balaban J connectivity index is 2.03. The number of ether oxygens (including phenoxy) is 3. The summed E-state index contributed by atoms with van der Waals surface area (Å²) < 4.78 is 16.1. The third kappa shape index (κ3) is 7.58. The smallest absolute Gasteiger partial charge is 0.196 e. The highest BCUT2D eigenvalue weighted by Gasteiger charge is 2.04. The van der Waals surface area contributed by atoms with E-state index in [0.717, 1.165) is 41.5 Å². The lowest BCUT2D eigenvalue weighted by Gasteiger charge is -2.13. The molecule has 2 aromatic carbocycles. The van der Waals surface area contributed by atoms with Crippen molar-refractivity contribution in [2.45, 2.75) is 26.5 Å². The van der Waals surface area contributed by atoms with Gasteiger partial charge in [-0.15, -0.1) is 0 Å². The van der Waals surface area contributed by atoms with Crippen LogP contribution in [0.5, 0.6) is 5.75 Å². The predicted octanol–water partition coefficient (Wildman–Crippen LogP) is 3.83. The second kappa shape index (κ2) is 12.8. The lowest BCUT2D eigenvalue weighted by Crippen LogP contribution is -2.30. The summed E-state index contributed by atoms with van der Waals surface area (Å²) in [5.74, 6) is 1.55. The number of hydrogen-bond donors (Lipinski definition) is 2. The van der Waals surface area contributed by atoms with Gasteiger partial charge in [0.05, 0.1) is 19.8 Å². The molecule has 0 spiro atoms. The van der Waals surface area contributed by atoms with Crippen molar-refractivity contribution >= 4 is 11.6 Å². The zero-order valence-corrected chi connectivity index (χ0v) is 17.0. The standard InChI is InChI=1S/C22H31N3O3/c1-4-23-22(24-16-18-9-5-6-10-19(18)17-27-3)25-20-11-7-12-21(15-20)28-14-8-13-26-2/h5-7,9-12,15H,4,8,13-14,16-17H2,1-3H3,(H2,23,24,25). The Kier molecular flexibility index (Phi) is 9.89. The van der Waals surface area contributed by atoms with Gasteiger partial charge in [0.1, 0.15) is 5.75 Å². The number of rotatable bonds is 11. The molecule has 0 aromatic heterocycles. The highest BCUT2D eigenvalue weighted by atomic mass is 16.5. The summed E-state index contributed by atoms with van der Waals surface area (Å²) in [5, 5.41) is 6.63. The first-order chi connectivity index (χ1) is 13.8. The Morgan fingerprint density at radius 3 is 2.54 bits per heavy atom. The summed E-state index contributed by atoms with van der Waals surface area (Å²) in [6.45, 7) is 5.30. The van der Waals surface area contributed by atoms with Crippen LogP contribution in [0.2, 0.25) is 0 Å². The maximum Gasteiger partial charge on any atom is 0.196 e. The first-order valence-corrected chi connectivity index (χ1v) is 9.59. The molecule has 0 atom stereocenters. The van der Waals surface area contributed by atoms with E-state index in [1.54, 1.807) is 14.2 Å². The molecule has 2 N–H and O–H groups in total. The van der Waals surface area contributed by atoms with E-state index in [9.17, 15) is 0 Å². The minimum absolute atomic E-state index is 0.572. The van der Waals surface area contributed by atoms with E-state index in [0.29, 0.717) is 26.4 Å². The minimum atomic E-state index is 0.572. The molecule has 2 aromatic rings. The van der Waals surface area contributed by atoms with Gasteiger partial charge in [0.25, 0.3) is 0 Å². The van der Waals surface area contributed by atoms with Crippen molar-refractivity contribution in [3.05, 3.63) is 59.7 Å². The summed E-state index contributed by atoms with van der Waals surface area (Å²) in [4.78, 5) is 4.72. The summed E-state index contributed by atoms with van der Waals surface area (Å²) in [7, 11) is 3.40. The first kappa shape index (κ1) is 21.7. The van der Waals surface area contributed by atoms with E-state index in [2.05, 4.69) is 22.8 Å². The summed E-state index contributed by atoms with van der Waals surface area (Å²) >= 11 is 0. The Morgan fingerprint density at radius 2 is 1.79 bits per heavy atom. The number of benzene rings is 2. The molecule has 0 aliphatic rings. The first-order valence-electron chi connectivity index (χ1n) is 9.59. The van der Waals surface area contributed by atoms with E-state index in [1.807, 2.05) is 43.3 Å². The Morgan fingerprint density at radius 1 is 0.964 bits per heavy atom. The molecule has 0 saturated heterocycles. The molecule has 6 nitrogen and oxygen atoms in total. The fourth-order valence-electron chi connectivity index (χ4n) is 2.67. The van der Waals surface area contributed by atoms with Gasteiger partial charge in [0.2, 0.25) is 0 Å². The lowest BCUT2D eigenvalue weighted by molar-refractivity contribution is 0.172. The molecule has 0 saturated carbocycles. The van der Waals surface area contributed by atoms with Crippen LogP contribution < -0.4 is 15.4 Å². The predicted molar refractivity (Wildman–Crippen MR) is 114 cm³/mol. The average Bonchev–Trinajstić information content (AvgIpc) is 2.71. The van der Waals surface area contributed by atoms with Crippen LogP contribution >= 0.6 is 0 Å². The monoisotopic (exact) mass is 385 g/mol.